The number of nitrogens with one attached hydrogen (secondary N) is 1. The second-order valence-electron chi connectivity index (χ2n) is 5.35. The van der Waals surface area contributed by atoms with E-state index in [-0.39, 0.29) is 5.41 Å². The predicted molar refractivity (Wildman–Crippen MR) is 64.7 cm³/mol. The topological polar surface area (TPSA) is 62.3 Å². The fourth-order valence-corrected chi connectivity index (χ4v) is 2.70. The molecule has 0 atom stereocenters. The van der Waals surface area contributed by atoms with Crippen LogP contribution in [0.25, 0.3) is 0 Å². The van der Waals surface area contributed by atoms with E-state index in [1.165, 1.54) is 0 Å². The molecule has 0 aromatic carbocycles. The van der Waals surface area contributed by atoms with E-state index in [0.29, 0.717) is 11.9 Å². The van der Waals surface area contributed by atoms with Gasteiger partial charge in [-0.15, -0.1) is 0 Å². The molecule has 0 amide bonds. The molecule has 2 heterocycles. The van der Waals surface area contributed by atoms with Gasteiger partial charge in [0.2, 0.25) is 0 Å². The lowest BCUT2D eigenvalue weighted by molar-refractivity contribution is 0.0173. The molecule has 0 saturated carbocycles. The Morgan fingerprint density at radius 3 is 2.38 bits per heavy atom. The van der Waals surface area contributed by atoms with Crippen LogP contribution in [0.4, 0.5) is 0 Å². The Balaban J connectivity index is 1.87. The number of likely N-dealkylation sites (tertiary alicyclic amines) is 1. The van der Waals surface area contributed by atoms with E-state index < -0.39 is 0 Å². The first-order valence-corrected chi connectivity index (χ1v) is 6.28. The van der Waals surface area contributed by atoms with Crippen LogP contribution in [0.3, 0.4) is 0 Å². The Hall–Kier alpha value is -0.610. The standard InChI is InChI=1S/C12H23N3O/c1-12(11(13)14)4-6-15(7-5-12)10-2-8-16-9-3-10/h10H,2-9H2,1H3,(H3,13,14). The molecule has 0 aromatic rings. The summed E-state index contributed by atoms with van der Waals surface area (Å²) in [6, 6.07) is 0.699. The van der Waals surface area contributed by atoms with Crippen molar-refractivity contribution in [2.75, 3.05) is 26.3 Å². The maximum atomic E-state index is 7.64. The Morgan fingerprint density at radius 2 is 1.88 bits per heavy atom. The van der Waals surface area contributed by atoms with Crippen molar-refractivity contribution in [3.63, 3.8) is 0 Å². The SMILES string of the molecule is CC1(C(=N)N)CCN(C2CCOCC2)CC1. The smallest absolute Gasteiger partial charge is 0.0966 e. The highest BCUT2D eigenvalue weighted by molar-refractivity contribution is 5.83. The predicted octanol–water partition coefficient (Wildman–Crippen LogP) is 1.20. The van der Waals surface area contributed by atoms with Crippen LogP contribution in [0.5, 0.6) is 0 Å². The third kappa shape index (κ3) is 2.38. The monoisotopic (exact) mass is 225 g/mol. The maximum Gasteiger partial charge on any atom is 0.0966 e. The molecule has 4 nitrogen and oxygen atoms in total. The van der Waals surface area contributed by atoms with E-state index in [9.17, 15) is 0 Å². The van der Waals surface area contributed by atoms with Crippen molar-refractivity contribution in [2.24, 2.45) is 11.1 Å². The third-order valence-electron chi connectivity index (χ3n) is 4.26. The van der Waals surface area contributed by atoms with Crippen LogP contribution in [-0.4, -0.2) is 43.1 Å². The van der Waals surface area contributed by atoms with E-state index >= 15 is 0 Å². The van der Waals surface area contributed by atoms with Crippen molar-refractivity contribution >= 4 is 5.84 Å². The number of ether oxygens (including phenoxy) is 1. The number of rotatable bonds is 2. The van der Waals surface area contributed by atoms with Gasteiger partial charge >= 0.3 is 0 Å². The van der Waals surface area contributed by atoms with E-state index in [1.807, 2.05) is 0 Å². The van der Waals surface area contributed by atoms with E-state index in [2.05, 4.69) is 11.8 Å². The number of amidine groups is 1. The van der Waals surface area contributed by atoms with Gasteiger partial charge in [-0.05, 0) is 38.8 Å². The second-order valence-corrected chi connectivity index (χ2v) is 5.35. The van der Waals surface area contributed by atoms with Crippen molar-refractivity contribution in [1.82, 2.24) is 4.90 Å². The average molecular weight is 225 g/mol. The lowest BCUT2D eigenvalue weighted by atomic mass is 9.79. The quantitative estimate of drug-likeness (QED) is 0.548. The molecule has 92 valence electrons. The van der Waals surface area contributed by atoms with Gasteiger partial charge in [-0.25, -0.2) is 0 Å². The molecule has 2 rings (SSSR count). The van der Waals surface area contributed by atoms with Gasteiger partial charge < -0.3 is 15.4 Å². The van der Waals surface area contributed by atoms with Crippen molar-refractivity contribution < 1.29 is 4.74 Å². The average Bonchev–Trinajstić information content (AvgIpc) is 2.31. The molecule has 0 bridgehead atoms. The zero-order valence-corrected chi connectivity index (χ0v) is 10.2. The van der Waals surface area contributed by atoms with Crippen LogP contribution in [0.1, 0.15) is 32.6 Å². The number of hydrogen-bond acceptors (Lipinski definition) is 3. The van der Waals surface area contributed by atoms with Gasteiger partial charge in [0.05, 0.1) is 5.84 Å². The summed E-state index contributed by atoms with van der Waals surface area (Å²) < 4.78 is 5.39. The molecule has 0 radical (unpaired) electrons. The first kappa shape index (κ1) is 11.9. The molecular weight excluding hydrogens is 202 g/mol. The summed E-state index contributed by atoms with van der Waals surface area (Å²) in [5.41, 5.74) is 5.62. The summed E-state index contributed by atoms with van der Waals surface area (Å²) in [6.45, 7) is 6.11. The number of nitrogens with two attached hydrogens (primary N) is 1. The molecule has 2 aliphatic heterocycles. The summed E-state index contributed by atoms with van der Waals surface area (Å²) in [6.07, 6.45) is 4.38. The normalized spacial score (nSPS) is 27.8. The lowest BCUT2D eigenvalue weighted by Crippen LogP contribution is -2.49. The fraction of sp³-hybridized carbons (Fsp3) is 0.917. The van der Waals surface area contributed by atoms with Crippen molar-refractivity contribution in [1.29, 1.82) is 5.41 Å². The van der Waals surface area contributed by atoms with Gasteiger partial charge in [0.15, 0.2) is 0 Å². The minimum Gasteiger partial charge on any atom is -0.387 e. The zero-order chi connectivity index (χ0) is 11.6. The lowest BCUT2D eigenvalue weighted by Gasteiger charge is -2.43. The van der Waals surface area contributed by atoms with Crippen LogP contribution in [-0.2, 0) is 4.74 Å². The van der Waals surface area contributed by atoms with Crippen molar-refractivity contribution in [2.45, 2.75) is 38.6 Å². The van der Waals surface area contributed by atoms with E-state index in [0.717, 1.165) is 52.0 Å². The van der Waals surface area contributed by atoms with Gasteiger partial charge in [0.25, 0.3) is 0 Å². The van der Waals surface area contributed by atoms with Gasteiger partial charge in [-0.3, -0.25) is 5.41 Å². The molecule has 0 aromatic heterocycles. The van der Waals surface area contributed by atoms with Gasteiger partial charge in [0.1, 0.15) is 0 Å². The van der Waals surface area contributed by atoms with E-state index in [4.69, 9.17) is 15.9 Å². The van der Waals surface area contributed by atoms with Crippen LogP contribution < -0.4 is 5.73 Å². The zero-order valence-electron chi connectivity index (χ0n) is 10.2. The molecule has 2 saturated heterocycles. The molecule has 2 fully saturated rings. The maximum absolute atomic E-state index is 7.64. The second kappa shape index (κ2) is 4.72. The van der Waals surface area contributed by atoms with Gasteiger partial charge in [-0.2, -0.15) is 0 Å². The van der Waals surface area contributed by atoms with Crippen LogP contribution >= 0.6 is 0 Å². The van der Waals surface area contributed by atoms with Crippen molar-refractivity contribution in [3.05, 3.63) is 0 Å². The summed E-state index contributed by atoms with van der Waals surface area (Å²) >= 11 is 0. The summed E-state index contributed by atoms with van der Waals surface area (Å²) in [7, 11) is 0. The molecule has 4 heteroatoms. The Kier molecular flexibility index (Phi) is 3.50. The molecular formula is C12H23N3O. The fourth-order valence-electron chi connectivity index (χ4n) is 2.70. The van der Waals surface area contributed by atoms with Gasteiger partial charge in [0, 0.05) is 24.7 Å². The molecule has 0 unspecified atom stereocenters. The van der Waals surface area contributed by atoms with Crippen molar-refractivity contribution in [3.8, 4) is 0 Å². The van der Waals surface area contributed by atoms with Crippen LogP contribution in [0, 0.1) is 10.8 Å². The Labute approximate surface area is 97.6 Å². The van der Waals surface area contributed by atoms with Gasteiger partial charge in [-0.1, -0.05) is 6.92 Å². The summed E-state index contributed by atoms with van der Waals surface area (Å²) in [4.78, 5) is 2.56. The first-order chi connectivity index (χ1) is 7.62. The molecule has 0 aliphatic carbocycles. The minimum absolute atomic E-state index is 0.0539. The largest absolute Gasteiger partial charge is 0.387 e. The number of hydrogen-bond donors (Lipinski definition) is 2. The third-order valence-corrected chi connectivity index (χ3v) is 4.26. The number of piperidine rings is 1. The van der Waals surface area contributed by atoms with Crippen LogP contribution in [0.15, 0.2) is 0 Å². The minimum atomic E-state index is -0.0539. The Bertz CT molecular complexity index is 253. The molecule has 3 N–H and O–H groups in total. The highest BCUT2D eigenvalue weighted by atomic mass is 16.5. The highest BCUT2D eigenvalue weighted by Crippen LogP contribution is 2.32. The molecule has 0 spiro atoms. The summed E-state index contributed by atoms with van der Waals surface area (Å²) in [5.74, 6) is 0.360. The summed E-state index contributed by atoms with van der Waals surface area (Å²) in [5, 5.41) is 7.64. The van der Waals surface area contributed by atoms with E-state index in [1.54, 1.807) is 0 Å². The molecule has 2 aliphatic rings. The molecule has 16 heavy (non-hydrogen) atoms. The number of nitrogens with zero attached hydrogens (tertiary/aromatic N) is 1. The van der Waals surface area contributed by atoms with Crippen LogP contribution in [0.2, 0.25) is 0 Å². The highest BCUT2D eigenvalue weighted by Gasteiger charge is 2.35. The Morgan fingerprint density at radius 1 is 1.31 bits per heavy atom. The first-order valence-electron chi connectivity index (χ1n) is 6.28.